The predicted octanol–water partition coefficient (Wildman–Crippen LogP) is 3.15. The Bertz CT molecular complexity index is 793. The van der Waals surface area contributed by atoms with Crippen LogP contribution in [0.5, 0.6) is 5.75 Å². The van der Waals surface area contributed by atoms with Gasteiger partial charge in [0.15, 0.2) is 0 Å². The van der Waals surface area contributed by atoms with E-state index in [4.69, 9.17) is 17.3 Å². The molecular weight excluding hydrogens is 288 g/mol. The summed E-state index contributed by atoms with van der Waals surface area (Å²) in [6, 6.07) is 14.2. The number of aromatic nitrogens is 3. The number of hydrogen-bond acceptors (Lipinski definition) is 5. The first-order valence-electron chi connectivity index (χ1n) is 6.19. The number of phenols is 1. The summed E-state index contributed by atoms with van der Waals surface area (Å²) in [7, 11) is 0. The molecule has 0 saturated heterocycles. The molecule has 0 amide bonds. The molecule has 0 radical (unpaired) electrons. The summed E-state index contributed by atoms with van der Waals surface area (Å²) in [5, 5.41) is 18.4. The van der Waals surface area contributed by atoms with Gasteiger partial charge in [0.1, 0.15) is 17.1 Å². The summed E-state index contributed by atoms with van der Waals surface area (Å²) < 4.78 is 0. The van der Waals surface area contributed by atoms with Crippen LogP contribution in [0.15, 0.2) is 48.5 Å². The molecule has 0 saturated carbocycles. The Morgan fingerprint density at radius 2 is 1.71 bits per heavy atom. The summed E-state index contributed by atoms with van der Waals surface area (Å²) in [6.45, 7) is 0. The Hall–Kier alpha value is -2.66. The largest absolute Gasteiger partial charge is 0.507 e. The van der Waals surface area contributed by atoms with Crippen LogP contribution in [0, 0.1) is 0 Å². The highest BCUT2D eigenvalue weighted by molar-refractivity contribution is 6.30. The molecule has 0 aliphatic carbocycles. The first-order valence-corrected chi connectivity index (χ1v) is 6.57. The molecule has 0 aliphatic heterocycles. The minimum atomic E-state index is 0.0144. The smallest absolute Gasteiger partial charge is 0.240 e. The minimum absolute atomic E-state index is 0.0144. The van der Waals surface area contributed by atoms with Crippen molar-refractivity contribution in [2.45, 2.75) is 0 Å². The van der Waals surface area contributed by atoms with Crippen molar-refractivity contribution in [3.8, 4) is 28.3 Å². The van der Waals surface area contributed by atoms with Crippen molar-refractivity contribution in [1.29, 1.82) is 0 Å². The molecule has 0 unspecified atom stereocenters. The number of rotatable bonds is 2. The molecule has 3 rings (SSSR count). The van der Waals surface area contributed by atoms with Gasteiger partial charge in [0, 0.05) is 16.1 Å². The average molecular weight is 299 g/mol. The topological polar surface area (TPSA) is 84.9 Å². The van der Waals surface area contributed by atoms with Crippen LogP contribution in [0.25, 0.3) is 22.5 Å². The standard InChI is InChI=1S/C15H11ClN4O/c16-10-6-7-11(12(21)8-10)14-13(18-15(17)20-19-14)9-4-2-1-3-5-9/h1-8,21H,(H2,17,18,20). The second kappa shape index (κ2) is 5.38. The molecule has 0 aliphatic rings. The van der Waals surface area contributed by atoms with Crippen LogP contribution in [0.4, 0.5) is 5.95 Å². The maximum atomic E-state index is 10.1. The van der Waals surface area contributed by atoms with Crippen molar-refractivity contribution in [1.82, 2.24) is 15.2 Å². The number of aromatic hydroxyl groups is 1. The van der Waals surface area contributed by atoms with E-state index in [9.17, 15) is 5.11 Å². The number of phenolic OH excluding ortho intramolecular Hbond substituents is 1. The number of hydrogen-bond donors (Lipinski definition) is 2. The Balaban J connectivity index is 2.24. The number of nitrogens with two attached hydrogens (primary N) is 1. The van der Waals surface area contributed by atoms with Crippen molar-refractivity contribution in [3.63, 3.8) is 0 Å². The van der Waals surface area contributed by atoms with E-state index in [-0.39, 0.29) is 11.7 Å². The molecule has 6 heteroatoms. The fraction of sp³-hybridized carbons (Fsp3) is 0. The predicted molar refractivity (Wildman–Crippen MR) is 81.8 cm³/mol. The van der Waals surface area contributed by atoms with Crippen LogP contribution in [0.1, 0.15) is 0 Å². The van der Waals surface area contributed by atoms with E-state index in [0.717, 1.165) is 5.56 Å². The molecule has 104 valence electrons. The van der Waals surface area contributed by atoms with Gasteiger partial charge in [0.2, 0.25) is 5.95 Å². The van der Waals surface area contributed by atoms with Crippen LogP contribution in [0.2, 0.25) is 5.02 Å². The lowest BCUT2D eigenvalue weighted by molar-refractivity contribution is 0.477. The van der Waals surface area contributed by atoms with E-state index in [1.54, 1.807) is 12.1 Å². The molecule has 2 aromatic carbocycles. The zero-order valence-corrected chi connectivity index (χ0v) is 11.6. The Kier molecular flexibility index (Phi) is 3.41. The van der Waals surface area contributed by atoms with Crippen LogP contribution >= 0.6 is 11.6 Å². The first-order chi connectivity index (χ1) is 10.1. The van der Waals surface area contributed by atoms with E-state index in [2.05, 4.69) is 15.2 Å². The van der Waals surface area contributed by atoms with E-state index in [0.29, 0.717) is 22.0 Å². The van der Waals surface area contributed by atoms with Gasteiger partial charge in [-0.3, -0.25) is 0 Å². The maximum absolute atomic E-state index is 10.1. The third-order valence-corrected chi connectivity index (χ3v) is 3.20. The lowest BCUT2D eigenvalue weighted by Gasteiger charge is -2.09. The summed E-state index contributed by atoms with van der Waals surface area (Å²) >= 11 is 5.85. The number of anilines is 1. The first kappa shape index (κ1) is 13.3. The molecular formula is C15H11ClN4O. The number of halogens is 1. The highest BCUT2D eigenvalue weighted by Crippen LogP contribution is 2.35. The fourth-order valence-electron chi connectivity index (χ4n) is 2.02. The van der Waals surface area contributed by atoms with Crippen LogP contribution in [-0.4, -0.2) is 20.3 Å². The van der Waals surface area contributed by atoms with Gasteiger partial charge in [0.25, 0.3) is 0 Å². The van der Waals surface area contributed by atoms with Crippen molar-refractivity contribution < 1.29 is 5.11 Å². The van der Waals surface area contributed by atoms with Crippen LogP contribution in [0.3, 0.4) is 0 Å². The van der Waals surface area contributed by atoms with Crippen molar-refractivity contribution in [2.75, 3.05) is 5.73 Å². The van der Waals surface area contributed by atoms with Gasteiger partial charge in [-0.25, -0.2) is 4.98 Å². The quantitative estimate of drug-likeness (QED) is 0.759. The summed E-state index contributed by atoms with van der Waals surface area (Å²) in [4.78, 5) is 4.24. The van der Waals surface area contributed by atoms with Crippen molar-refractivity contribution in [3.05, 3.63) is 53.6 Å². The van der Waals surface area contributed by atoms with Crippen LogP contribution in [-0.2, 0) is 0 Å². The molecule has 3 aromatic rings. The van der Waals surface area contributed by atoms with Gasteiger partial charge in [-0.2, -0.15) is 0 Å². The fourth-order valence-corrected chi connectivity index (χ4v) is 2.19. The zero-order valence-electron chi connectivity index (χ0n) is 10.9. The Morgan fingerprint density at radius 1 is 0.952 bits per heavy atom. The molecule has 0 bridgehead atoms. The third-order valence-electron chi connectivity index (χ3n) is 2.97. The van der Waals surface area contributed by atoms with E-state index >= 15 is 0 Å². The minimum Gasteiger partial charge on any atom is -0.507 e. The number of nitrogens with zero attached hydrogens (tertiary/aromatic N) is 3. The SMILES string of the molecule is Nc1nnc(-c2ccc(Cl)cc2O)c(-c2ccccc2)n1. The highest BCUT2D eigenvalue weighted by Gasteiger charge is 2.15. The monoisotopic (exact) mass is 298 g/mol. The summed E-state index contributed by atoms with van der Waals surface area (Å²) in [5.41, 5.74) is 7.98. The normalized spacial score (nSPS) is 10.5. The summed E-state index contributed by atoms with van der Waals surface area (Å²) in [5.74, 6) is 0.0895. The molecule has 21 heavy (non-hydrogen) atoms. The molecule has 0 atom stereocenters. The lowest BCUT2D eigenvalue weighted by Crippen LogP contribution is -2.02. The van der Waals surface area contributed by atoms with Crippen molar-refractivity contribution >= 4 is 17.5 Å². The number of benzene rings is 2. The van der Waals surface area contributed by atoms with Gasteiger partial charge < -0.3 is 10.8 Å². The molecule has 3 N–H and O–H groups in total. The zero-order chi connectivity index (χ0) is 14.8. The van der Waals surface area contributed by atoms with E-state index < -0.39 is 0 Å². The van der Waals surface area contributed by atoms with Crippen LogP contribution < -0.4 is 5.73 Å². The molecule has 1 heterocycles. The van der Waals surface area contributed by atoms with Gasteiger partial charge in [-0.05, 0) is 18.2 Å². The van der Waals surface area contributed by atoms with E-state index in [1.165, 1.54) is 6.07 Å². The van der Waals surface area contributed by atoms with E-state index in [1.807, 2.05) is 30.3 Å². The maximum Gasteiger partial charge on any atom is 0.240 e. The second-order valence-corrected chi connectivity index (χ2v) is 4.83. The molecule has 1 aromatic heterocycles. The van der Waals surface area contributed by atoms with Crippen molar-refractivity contribution in [2.24, 2.45) is 0 Å². The Labute approximate surface area is 126 Å². The van der Waals surface area contributed by atoms with Gasteiger partial charge in [0.05, 0.1) is 0 Å². The molecule has 5 nitrogen and oxygen atoms in total. The van der Waals surface area contributed by atoms with Gasteiger partial charge in [-0.15, -0.1) is 10.2 Å². The summed E-state index contributed by atoms with van der Waals surface area (Å²) in [6.07, 6.45) is 0. The molecule has 0 spiro atoms. The highest BCUT2D eigenvalue weighted by atomic mass is 35.5. The lowest BCUT2D eigenvalue weighted by atomic mass is 10.0. The third kappa shape index (κ3) is 2.64. The Morgan fingerprint density at radius 3 is 2.43 bits per heavy atom. The second-order valence-electron chi connectivity index (χ2n) is 4.39. The number of nitrogen functional groups attached to an aromatic ring is 1. The van der Waals surface area contributed by atoms with Gasteiger partial charge in [-0.1, -0.05) is 41.9 Å². The molecule has 0 fully saturated rings. The average Bonchev–Trinajstić information content (AvgIpc) is 2.49. The van der Waals surface area contributed by atoms with Gasteiger partial charge >= 0.3 is 0 Å².